The quantitative estimate of drug-likeness (QED) is 0.707. The second-order valence-electron chi connectivity index (χ2n) is 4.74. The zero-order valence-corrected chi connectivity index (χ0v) is 14.3. The topological polar surface area (TPSA) is 81.2 Å². The molecule has 0 bridgehead atoms. The van der Waals surface area contributed by atoms with Gasteiger partial charge in [-0.05, 0) is 23.6 Å². The Balaban J connectivity index is 1.67. The summed E-state index contributed by atoms with van der Waals surface area (Å²) < 4.78 is 4.69. The molecular weight excluding hydrogens is 346 g/mol. The van der Waals surface area contributed by atoms with Crippen molar-refractivity contribution in [2.45, 2.75) is 6.42 Å². The third-order valence-corrected chi connectivity index (χ3v) is 4.90. The number of thiazole rings is 1. The minimum atomic E-state index is -0.466. The molecule has 0 aliphatic rings. The first kappa shape index (κ1) is 16.3. The fraction of sp³-hybridized carbons (Fsp3) is 0.125. The Morgan fingerprint density at radius 1 is 1.25 bits per heavy atom. The molecule has 0 spiro atoms. The van der Waals surface area contributed by atoms with E-state index in [1.54, 1.807) is 17.6 Å². The average Bonchev–Trinajstić information content (AvgIpc) is 3.24. The summed E-state index contributed by atoms with van der Waals surface area (Å²) >= 11 is 2.66. The predicted octanol–water partition coefficient (Wildman–Crippen LogP) is 3.23. The maximum atomic E-state index is 12.2. The van der Waals surface area contributed by atoms with Gasteiger partial charge in [-0.2, -0.15) is 0 Å². The van der Waals surface area contributed by atoms with Gasteiger partial charge in [0.1, 0.15) is 9.88 Å². The third-order valence-electron chi connectivity index (χ3n) is 3.09. The van der Waals surface area contributed by atoms with Crippen LogP contribution >= 0.6 is 22.7 Å². The number of hydrogen-bond acceptors (Lipinski definition) is 7. The van der Waals surface area contributed by atoms with Crippen LogP contribution < -0.4 is 5.32 Å². The average molecular weight is 359 g/mol. The molecular formula is C16H13N3O3S2. The molecule has 3 rings (SSSR count). The smallest absolute Gasteiger partial charge is 0.350 e. The van der Waals surface area contributed by atoms with E-state index in [0.717, 1.165) is 10.7 Å². The van der Waals surface area contributed by atoms with Gasteiger partial charge in [-0.1, -0.05) is 6.07 Å². The van der Waals surface area contributed by atoms with E-state index in [1.165, 1.54) is 29.8 Å². The van der Waals surface area contributed by atoms with Gasteiger partial charge in [-0.25, -0.2) is 9.78 Å². The zero-order valence-electron chi connectivity index (χ0n) is 12.7. The van der Waals surface area contributed by atoms with Crippen LogP contribution in [0.1, 0.15) is 15.4 Å². The lowest BCUT2D eigenvalue weighted by Gasteiger charge is -2.04. The summed E-state index contributed by atoms with van der Waals surface area (Å²) in [5.74, 6) is -0.706. The molecule has 0 fully saturated rings. The van der Waals surface area contributed by atoms with Crippen LogP contribution in [-0.2, 0) is 16.0 Å². The van der Waals surface area contributed by atoms with Crippen molar-refractivity contribution in [3.63, 3.8) is 0 Å². The first-order chi connectivity index (χ1) is 11.7. The van der Waals surface area contributed by atoms with Crippen LogP contribution in [0.15, 0.2) is 41.2 Å². The van der Waals surface area contributed by atoms with Gasteiger partial charge in [0.2, 0.25) is 5.91 Å². The number of rotatable bonds is 5. The Morgan fingerprint density at radius 3 is 2.88 bits per heavy atom. The number of carbonyl (C=O) groups is 2. The Bertz CT molecular complexity index is 858. The van der Waals surface area contributed by atoms with Gasteiger partial charge >= 0.3 is 5.97 Å². The summed E-state index contributed by atoms with van der Waals surface area (Å²) in [7, 11) is 1.31. The molecule has 24 heavy (non-hydrogen) atoms. The van der Waals surface area contributed by atoms with Crippen LogP contribution in [0.2, 0.25) is 0 Å². The number of carbonyl (C=O) groups excluding carboxylic acids is 2. The minimum Gasteiger partial charge on any atom is -0.465 e. The van der Waals surface area contributed by atoms with Crippen molar-refractivity contribution in [2.75, 3.05) is 12.4 Å². The predicted molar refractivity (Wildman–Crippen MR) is 93.3 cm³/mol. The number of esters is 1. The molecule has 0 aliphatic carbocycles. The Kier molecular flexibility index (Phi) is 4.97. The number of hydrogen-bond donors (Lipinski definition) is 1. The van der Waals surface area contributed by atoms with Crippen LogP contribution in [0.3, 0.4) is 0 Å². The van der Waals surface area contributed by atoms with E-state index in [-0.39, 0.29) is 12.3 Å². The van der Waals surface area contributed by atoms with Crippen molar-refractivity contribution in [2.24, 2.45) is 0 Å². The minimum absolute atomic E-state index is 0.125. The van der Waals surface area contributed by atoms with Crippen molar-refractivity contribution < 1.29 is 14.3 Å². The number of anilines is 1. The van der Waals surface area contributed by atoms with Gasteiger partial charge in [-0.15, -0.1) is 22.7 Å². The normalized spacial score (nSPS) is 10.4. The molecule has 3 aromatic rings. The lowest BCUT2D eigenvalue weighted by atomic mass is 10.3. The second-order valence-corrected chi connectivity index (χ2v) is 6.51. The van der Waals surface area contributed by atoms with E-state index in [0.29, 0.717) is 16.3 Å². The lowest BCUT2D eigenvalue weighted by Crippen LogP contribution is -2.16. The molecule has 3 aromatic heterocycles. The summed E-state index contributed by atoms with van der Waals surface area (Å²) in [6.07, 6.45) is 1.83. The number of nitrogens with one attached hydrogen (secondary N) is 1. The molecule has 6 nitrogen and oxygen atoms in total. The highest BCUT2D eigenvalue weighted by atomic mass is 32.1. The summed E-state index contributed by atoms with van der Waals surface area (Å²) in [5, 5.41) is 7.05. The standard InChI is InChI=1S/C16H13N3O3S2/c1-22-16(21)14-11(5-7-23-14)19-13(20)8-10-9-24-15(18-10)12-4-2-3-6-17-12/h2-7,9H,8H2,1H3,(H,19,20). The van der Waals surface area contributed by atoms with Crippen molar-refractivity contribution in [3.8, 4) is 10.7 Å². The molecule has 0 unspecified atom stereocenters. The van der Waals surface area contributed by atoms with E-state index in [9.17, 15) is 9.59 Å². The molecule has 0 radical (unpaired) electrons. The Morgan fingerprint density at radius 2 is 2.12 bits per heavy atom. The molecule has 8 heteroatoms. The second kappa shape index (κ2) is 7.33. The van der Waals surface area contributed by atoms with Gasteiger partial charge in [0.05, 0.1) is 30.6 Å². The number of methoxy groups -OCH3 is 1. The van der Waals surface area contributed by atoms with E-state index < -0.39 is 5.97 Å². The largest absolute Gasteiger partial charge is 0.465 e. The van der Waals surface area contributed by atoms with Crippen LogP contribution in [0.5, 0.6) is 0 Å². The molecule has 0 saturated heterocycles. The van der Waals surface area contributed by atoms with Gasteiger partial charge < -0.3 is 10.1 Å². The van der Waals surface area contributed by atoms with E-state index >= 15 is 0 Å². The highest BCUT2D eigenvalue weighted by Gasteiger charge is 2.16. The fourth-order valence-corrected chi connectivity index (χ4v) is 3.57. The Labute approximate surface area is 146 Å². The fourth-order valence-electron chi connectivity index (χ4n) is 2.01. The number of pyridine rings is 1. The number of nitrogens with zero attached hydrogens (tertiary/aromatic N) is 2. The van der Waals surface area contributed by atoms with Crippen molar-refractivity contribution in [1.29, 1.82) is 0 Å². The molecule has 3 heterocycles. The van der Waals surface area contributed by atoms with Crippen LogP contribution in [0.4, 0.5) is 5.69 Å². The molecule has 0 saturated carbocycles. The molecule has 1 amide bonds. The maximum absolute atomic E-state index is 12.2. The van der Waals surface area contributed by atoms with Crippen molar-refractivity contribution >= 4 is 40.2 Å². The van der Waals surface area contributed by atoms with Crippen LogP contribution in [0.25, 0.3) is 10.7 Å². The van der Waals surface area contributed by atoms with Crippen molar-refractivity contribution in [3.05, 3.63) is 51.8 Å². The molecule has 1 N–H and O–H groups in total. The number of aromatic nitrogens is 2. The summed E-state index contributed by atoms with van der Waals surface area (Å²) in [5.41, 5.74) is 1.89. The maximum Gasteiger partial charge on any atom is 0.350 e. The summed E-state index contributed by atoms with van der Waals surface area (Å²) in [6, 6.07) is 7.28. The van der Waals surface area contributed by atoms with E-state index in [4.69, 9.17) is 0 Å². The first-order valence-corrected chi connectivity index (χ1v) is 8.75. The monoisotopic (exact) mass is 359 g/mol. The molecule has 0 aromatic carbocycles. The SMILES string of the molecule is COC(=O)c1sccc1NC(=O)Cc1csc(-c2ccccn2)n1. The summed E-state index contributed by atoms with van der Waals surface area (Å²) in [4.78, 5) is 32.8. The highest BCUT2D eigenvalue weighted by Crippen LogP contribution is 2.24. The van der Waals surface area contributed by atoms with E-state index in [2.05, 4.69) is 20.0 Å². The van der Waals surface area contributed by atoms with Gasteiger partial charge in [0.25, 0.3) is 0 Å². The third kappa shape index (κ3) is 3.66. The number of amides is 1. The lowest BCUT2D eigenvalue weighted by molar-refractivity contribution is -0.115. The van der Waals surface area contributed by atoms with Gasteiger partial charge in [0.15, 0.2) is 0 Å². The number of thiophene rings is 1. The highest BCUT2D eigenvalue weighted by molar-refractivity contribution is 7.13. The van der Waals surface area contributed by atoms with Crippen LogP contribution in [-0.4, -0.2) is 29.0 Å². The zero-order chi connectivity index (χ0) is 16.9. The van der Waals surface area contributed by atoms with E-state index in [1.807, 2.05) is 23.6 Å². The van der Waals surface area contributed by atoms with Crippen LogP contribution in [0, 0.1) is 0 Å². The number of ether oxygens (including phenoxy) is 1. The van der Waals surface area contributed by atoms with Crippen molar-refractivity contribution in [1.82, 2.24) is 9.97 Å². The van der Waals surface area contributed by atoms with Gasteiger partial charge in [0, 0.05) is 11.6 Å². The summed E-state index contributed by atoms with van der Waals surface area (Å²) in [6.45, 7) is 0. The molecule has 122 valence electrons. The Hall–Kier alpha value is -2.58. The molecule has 0 aliphatic heterocycles. The molecule has 0 atom stereocenters. The van der Waals surface area contributed by atoms with Gasteiger partial charge in [-0.3, -0.25) is 9.78 Å². The first-order valence-electron chi connectivity index (χ1n) is 6.99.